The van der Waals surface area contributed by atoms with Crippen LogP contribution in [0.1, 0.15) is 40.2 Å². The highest BCUT2D eigenvalue weighted by molar-refractivity contribution is 5.94. The Labute approximate surface area is 187 Å². The van der Waals surface area contributed by atoms with Gasteiger partial charge in [-0.25, -0.2) is 19.2 Å². The molecule has 1 amide bonds. The molecule has 2 atom stereocenters. The van der Waals surface area contributed by atoms with Crippen LogP contribution in [-0.2, 0) is 4.74 Å². The van der Waals surface area contributed by atoms with Gasteiger partial charge in [0.15, 0.2) is 0 Å². The van der Waals surface area contributed by atoms with E-state index < -0.39 is 5.60 Å². The summed E-state index contributed by atoms with van der Waals surface area (Å²) in [6, 6.07) is 4.69. The van der Waals surface area contributed by atoms with Crippen molar-refractivity contribution in [1.82, 2.24) is 19.4 Å². The summed E-state index contributed by atoms with van der Waals surface area (Å²) in [5, 5.41) is 1.00. The number of anilines is 1. The number of nitrogens with zero attached hydrogens (tertiary/aromatic N) is 5. The van der Waals surface area contributed by atoms with Gasteiger partial charge in [-0.05, 0) is 59.2 Å². The number of aromatic nitrogens is 3. The molecule has 2 unspecified atom stereocenters. The van der Waals surface area contributed by atoms with Crippen molar-refractivity contribution in [3.05, 3.63) is 48.2 Å². The maximum Gasteiger partial charge on any atom is 0.410 e. The predicted molar refractivity (Wildman–Crippen MR) is 123 cm³/mol. The van der Waals surface area contributed by atoms with Crippen LogP contribution in [0.4, 0.5) is 15.0 Å². The van der Waals surface area contributed by atoms with Crippen LogP contribution in [0, 0.1) is 12.7 Å². The number of hydrogen-bond acceptors (Lipinski definition) is 5. The van der Waals surface area contributed by atoms with Crippen molar-refractivity contribution in [2.45, 2.75) is 59.2 Å². The van der Waals surface area contributed by atoms with Crippen LogP contribution in [-0.4, -0.2) is 56.3 Å². The topological polar surface area (TPSA) is 63.5 Å². The molecule has 0 radical (unpaired) electrons. The highest BCUT2D eigenvalue weighted by Crippen LogP contribution is 2.33. The zero-order valence-electron chi connectivity index (χ0n) is 19.5. The Balaban J connectivity index is 1.68. The Kier molecular flexibility index (Phi) is 5.56. The van der Waals surface area contributed by atoms with Gasteiger partial charge < -0.3 is 19.1 Å². The van der Waals surface area contributed by atoms with Crippen molar-refractivity contribution in [3.63, 3.8) is 0 Å². The number of amides is 1. The molecular formula is C24H30FN5O2. The van der Waals surface area contributed by atoms with Crippen LogP contribution in [0.15, 0.2) is 36.8 Å². The lowest BCUT2D eigenvalue weighted by molar-refractivity contribution is 0.0130. The van der Waals surface area contributed by atoms with E-state index in [4.69, 9.17) is 9.72 Å². The van der Waals surface area contributed by atoms with E-state index in [2.05, 4.69) is 16.8 Å². The van der Waals surface area contributed by atoms with Gasteiger partial charge in [0.2, 0.25) is 0 Å². The van der Waals surface area contributed by atoms with Crippen LogP contribution in [0.5, 0.6) is 0 Å². The number of carbonyl (C=O) groups excluding carboxylic acids is 1. The molecule has 32 heavy (non-hydrogen) atoms. The summed E-state index contributed by atoms with van der Waals surface area (Å²) in [7, 11) is 0. The minimum atomic E-state index is -0.532. The van der Waals surface area contributed by atoms with Crippen molar-refractivity contribution in [1.29, 1.82) is 0 Å². The van der Waals surface area contributed by atoms with Gasteiger partial charge >= 0.3 is 6.09 Å². The highest BCUT2D eigenvalue weighted by Gasteiger charge is 2.35. The Bertz CT molecular complexity index is 1150. The molecule has 170 valence electrons. The smallest absolute Gasteiger partial charge is 0.410 e. The molecule has 1 fully saturated rings. The summed E-state index contributed by atoms with van der Waals surface area (Å²) >= 11 is 0. The molecular weight excluding hydrogens is 409 g/mol. The van der Waals surface area contributed by atoms with Crippen molar-refractivity contribution in [3.8, 4) is 5.82 Å². The number of rotatable bonds is 2. The van der Waals surface area contributed by atoms with E-state index in [1.807, 2.05) is 51.4 Å². The zero-order valence-corrected chi connectivity index (χ0v) is 19.5. The molecule has 0 bridgehead atoms. The molecule has 0 aliphatic carbocycles. The number of fused-ring (bicyclic) bond motifs is 1. The van der Waals surface area contributed by atoms with E-state index in [-0.39, 0.29) is 24.0 Å². The van der Waals surface area contributed by atoms with E-state index in [1.165, 1.54) is 18.3 Å². The maximum atomic E-state index is 13.8. The predicted octanol–water partition coefficient (Wildman–Crippen LogP) is 4.70. The Hall–Kier alpha value is -3.16. The Morgan fingerprint density at radius 2 is 1.84 bits per heavy atom. The molecule has 1 saturated heterocycles. The summed E-state index contributed by atoms with van der Waals surface area (Å²) < 4.78 is 21.3. The first-order chi connectivity index (χ1) is 15.0. The van der Waals surface area contributed by atoms with E-state index in [1.54, 1.807) is 11.1 Å². The van der Waals surface area contributed by atoms with Crippen molar-refractivity contribution >= 4 is 22.8 Å². The first-order valence-corrected chi connectivity index (χ1v) is 10.9. The summed E-state index contributed by atoms with van der Waals surface area (Å²) in [6.45, 7) is 12.9. The van der Waals surface area contributed by atoms with E-state index in [0.29, 0.717) is 18.9 Å². The second kappa shape index (κ2) is 8.07. The monoisotopic (exact) mass is 439 g/mol. The third-order valence-electron chi connectivity index (χ3n) is 5.73. The van der Waals surface area contributed by atoms with Crippen LogP contribution in [0.2, 0.25) is 0 Å². The molecule has 1 aliphatic rings. The molecule has 3 aromatic heterocycles. The summed E-state index contributed by atoms with van der Waals surface area (Å²) in [5.74, 6) is 1.05. The molecule has 4 heterocycles. The van der Waals surface area contributed by atoms with Crippen molar-refractivity contribution in [2.75, 3.05) is 18.0 Å². The van der Waals surface area contributed by atoms with E-state index >= 15 is 0 Å². The molecule has 0 saturated carbocycles. The lowest BCUT2D eigenvalue weighted by atomic mass is 10.1. The van der Waals surface area contributed by atoms with Gasteiger partial charge in [0.1, 0.15) is 23.1 Å². The second-order valence-corrected chi connectivity index (χ2v) is 9.53. The molecule has 1 aliphatic heterocycles. The van der Waals surface area contributed by atoms with Gasteiger partial charge in [0.25, 0.3) is 0 Å². The van der Waals surface area contributed by atoms with Gasteiger partial charge in [0.05, 0.1) is 5.52 Å². The van der Waals surface area contributed by atoms with Crippen molar-refractivity contribution in [2.24, 2.45) is 0 Å². The molecule has 0 aromatic carbocycles. The normalized spacial score (nSPS) is 19.5. The molecule has 7 nitrogen and oxygen atoms in total. The largest absolute Gasteiger partial charge is 0.444 e. The van der Waals surface area contributed by atoms with Gasteiger partial charge in [-0.2, -0.15) is 0 Å². The molecule has 0 spiro atoms. The van der Waals surface area contributed by atoms with Gasteiger partial charge in [-0.1, -0.05) is 0 Å². The number of halogens is 1. The third kappa shape index (κ3) is 4.13. The number of hydrogen-bond donors (Lipinski definition) is 0. The average molecular weight is 440 g/mol. The second-order valence-electron chi connectivity index (χ2n) is 9.53. The van der Waals surface area contributed by atoms with Gasteiger partial charge in [0, 0.05) is 55.2 Å². The standard InChI is InChI=1S/C24H30FN5O2/c1-15-12-30(20-11-18(25)7-9-26-20)19-8-10-27-22(21(15)19)28-13-17(3)29(14-16(28)2)23(31)32-24(4,5)6/h7-12,16-17H,13-14H2,1-6H3. The quantitative estimate of drug-likeness (QED) is 0.579. The molecule has 8 heteroatoms. The van der Waals surface area contributed by atoms with Crippen LogP contribution in [0.3, 0.4) is 0 Å². The highest BCUT2D eigenvalue weighted by atomic mass is 19.1. The summed E-state index contributed by atoms with van der Waals surface area (Å²) in [5.41, 5.74) is 1.42. The Morgan fingerprint density at radius 1 is 1.12 bits per heavy atom. The number of aryl methyl sites for hydroxylation is 1. The summed E-state index contributed by atoms with van der Waals surface area (Å²) in [4.78, 5) is 25.8. The number of pyridine rings is 2. The lowest BCUT2D eigenvalue weighted by Crippen LogP contribution is -2.59. The van der Waals surface area contributed by atoms with Gasteiger partial charge in [-0.15, -0.1) is 0 Å². The van der Waals surface area contributed by atoms with Crippen LogP contribution in [0.25, 0.3) is 16.7 Å². The number of carbonyl (C=O) groups is 1. The fraction of sp³-hybridized carbons (Fsp3) is 0.458. The average Bonchev–Trinajstić information content (AvgIpc) is 3.05. The summed E-state index contributed by atoms with van der Waals surface area (Å²) in [6.07, 6.45) is 4.91. The lowest BCUT2D eigenvalue weighted by Gasteiger charge is -2.44. The maximum absolute atomic E-state index is 13.8. The van der Waals surface area contributed by atoms with Crippen molar-refractivity contribution < 1.29 is 13.9 Å². The minimum absolute atomic E-state index is 0.0367. The number of ether oxygens (including phenoxy) is 1. The SMILES string of the molecule is Cc1cn(-c2cc(F)ccn2)c2ccnc(N3CC(C)N(C(=O)OC(C)(C)C)CC3C)c12. The number of piperazine rings is 1. The first-order valence-electron chi connectivity index (χ1n) is 10.9. The molecule has 0 N–H and O–H groups in total. The van der Waals surface area contributed by atoms with Crippen LogP contribution < -0.4 is 4.90 Å². The third-order valence-corrected chi connectivity index (χ3v) is 5.73. The van der Waals surface area contributed by atoms with E-state index in [9.17, 15) is 9.18 Å². The van der Waals surface area contributed by atoms with E-state index in [0.717, 1.165) is 22.3 Å². The van der Waals surface area contributed by atoms with Crippen LogP contribution >= 0.6 is 0 Å². The Morgan fingerprint density at radius 3 is 2.53 bits per heavy atom. The zero-order chi connectivity index (χ0) is 23.2. The molecule has 3 aromatic rings. The minimum Gasteiger partial charge on any atom is -0.444 e. The fourth-order valence-corrected chi connectivity index (χ4v) is 4.28. The first kappa shape index (κ1) is 22.0. The fourth-order valence-electron chi connectivity index (χ4n) is 4.28. The van der Waals surface area contributed by atoms with Gasteiger partial charge in [-0.3, -0.25) is 0 Å². The molecule has 4 rings (SSSR count).